The molecule has 0 aromatic heterocycles. The van der Waals surface area contributed by atoms with Crippen molar-refractivity contribution in [3.8, 4) is 5.75 Å². The van der Waals surface area contributed by atoms with Crippen LogP contribution < -0.4 is 10.1 Å². The molecule has 0 spiro atoms. The fraction of sp³-hybridized carbons (Fsp3) is 0.0714. The van der Waals surface area contributed by atoms with Gasteiger partial charge in [0, 0.05) is 17.3 Å². The van der Waals surface area contributed by atoms with Crippen LogP contribution in [0.3, 0.4) is 0 Å². The number of anilines is 1. The number of carbonyl (C=O) groups is 1. The Labute approximate surface area is 129 Å². The van der Waals surface area contributed by atoms with Gasteiger partial charge < -0.3 is 10.1 Å². The second-order valence-electron chi connectivity index (χ2n) is 4.23. The zero-order chi connectivity index (χ0) is 16.3. The number of hydrogen-bond acceptors (Lipinski definition) is 4. The van der Waals surface area contributed by atoms with Crippen LogP contribution in [0.2, 0.25) is 5.02 Å². The molecule has 2 aromatic rings. The van der Waals surface area contributed by atoms with E-state index in [1.54, 1.807) is 12.1 Å². The first-order chi connectivity index (χ1) is 10.4. The van der Waals surface area contributed by atoms with Gasteiger partial charge in [0.05, 0.1) is 17.1 Å². The van der Waals surface area contributed by atoms with Crippen molar-refractivity contribution >= 4 is 28.9 Å². The summed E-state index contributed by atoms with van der Waals surface area (Å²) in [5, 5.41) is 13.5. The van der Waals surface area contributed by atoms with Crippen LogP contribution in [0.25, 0.3) is 0 Å². The number of benzene rings is 2. The van der Waals surface area contributed by atoms with Crippen LogP contribution in [0.1, 0.15) is 10.4 Å². The van der Waals surface area contributed by atoms with Crippen molar-refractivity contribution in [1.82, 2.24) is 0 Å². The quantitative estimate of drug-likeness (QED) is 0.687. The largest absolute Gasteiger partial charge is 0.495 e. The number of carbonyl (C=O) groups excluding carboxylic acids is 1. The van der Waals surface area contributed by atoms with Crippen molar-refractivity contribution in [3.05, 3.63) is 62.9 Å². The summed E-state index contributed by atoms with van der Waals surface area (Å²) in [6.07, 6.45) is 0. The molecular formula is C14H10ClFN2O4. The van der Waals surface area contributed by atoms with E-state index >= 15 is 0 Å². The smallest absolute Gasteiger partial charge is 0.305 e. The second kappa shape index (κ2) is 6.40. The van der Waals surface area contributed by atoms with Gasteiger partial charge in [-0.15, -0.1) is 0 Å². The summed E-state index contributed by atoms with van der Waals surface area (Å²) in [6.45, 7) is 0. The van der Waals surface area contributed by atoms with Crippen LogP contribution in [0.4, 0.5) is 15.8 Å². The van der Waals surface area contributed by atoms with Gasteiger partial charge in [0.15, 0.2) is 0 Å². The SMILES string of the molecule is COc1ccc(NC(=O)c2ccc(F)c([N+](=O)[O-])c2)cc1Cl. The van der Waals surface area contributed by atoms with E-state index in [-0.39, 0.29) is 5.56 Å². The first-order valence-electron chi connectivity index (χ1n) is 6.01. The maximum Gasteiger partial charge on any atom is 0.305 e. The number of ether oxygens (including phenoxy) is 1. The second-order valence-corrected chi connectivity index (χ2v) is 4.63. The molecular weight excluding hydrogens is 315 g/mol. The monoisotopic (exact) mass is 324 g/mol. The molecule has 1 amide bonds. The summed E-state index contributed by atoms with van der Waals surface area (Å²) in [4.78, 5) is 21.8. The van der Waals surface area contributed by atoms with Crippen molar-refractivity contribution in [1.29, 1.82) is 0 Å². The predicted octanol–water partition coefficient (Wildman–Crippen LogP) is 3.65. The Bertz CT molecular complexity index is 752. The van der Waals surface area contributed by atoms with E-state index in [1.807, 2.05) is 0 Å². The fourth-order valence-electron chi connectivity index (χ4n) is 1.74. The fourth-order valence-corrected chi connectivity index (χ4v) is 2.00. The Morgan fingerprint density at radius 1 is 1.32 bits per heavy atom. The molecule has 22 heavy (non-hydrogen) atoms. The van der Waals surface area contributed by atoms with Crippen molar-refractivity contribution in [2.75, 3.05) is 12.4 Å². The maximum atomic E-state index is 13.2. The van der Waals surface area contributed by atoms with Crippen LogP contribution in [0.15, 0.2) is 36.4 Å². The zero-order valence-corrected chi connectivity index (χ0v) is 12.1. The highest BCUT2D eigenvalue weighted by Crippen LogP contribution is 2.27. The van der Waals surface area contributed by atoms with Crippen molar-refractivity contribution in [2.45, 2.75) is 0 Å². The number of nitro groups is 1. The molecule has 0 heterocycles. The molecule has 8 heteroatoms. The van der Waals surface area contributed by atoms with E-state index in [0.29, 0.717) is 16.5 Å². The van der Waals surface area contributed by atoms with Gasteiger partial charge in [0.25, 0.3) is 5.91 Å². The van der Waals surface area contributed by atoms with Gasteiger partial charge in [-0.1, -0.05) is 11.6 Å². The molecule has 0 radical (unpaired) electrons. The molecule has 0 aliphatic carbocycles. The Morgan fingerprint density at radius 2 is 2.05 bits per heavy atom. The minimum absolute atomic E-state index is 0.0416. The van der Waals surface area contributed by atoms with Crippen LogP contribution >= 0.6 is 11.6 Å². The van der Waals surface area contributed by atoms with Crippen LogP contribution in [-0.4, -0.2) is 17.9 Å². The minimum Gasteiger partial charge on any atom is -0.495 e. The van der Waals surface area contributed by atoms with E-state index in [2.05, 4.69) is 5.32 Å². The number of rotatable bonds is 4. The van der Waals surface area contributed by atoms with Gasteiger partial charge in [-0.25, -0.2) is 0 Å². The first kappa shape index (κ1) is 15.7. The van der Waals surface area contributed by atoms with Gasteiger partial charge in [-0.3, -0.25) is 14.9 Å². The molecule has 2 aromatic carbocycles. The summed E-state index contributed by atoms with van der Waals surface area (Å²) in [5.41, 5.74) is -0.428. The van der Waals surface area contributed by atoms with E-state index in [9.17, 15) is 19.3 Å². The molecule has 6 nitrogen and oxygen atoms in total. The Morgan fingerprint density at radius 3 is 2.64 bits per heavy atom. The van der Waals surface area contributed by atoms with E-state index in [0.717, 1.165) is 18.2 Å². The van der Waals surface area contributed by atoms with Gasteiger partial charge in [0.2, 0.25) is 5.82 Å². The number of methoxy groups -OCH3 is 1. The highest BCUT2D eigenvalue weighted by atomic mass is 35.5. The normalized spacial score (nSPS) is 10.1. The molecule has 0 fully saturated rings. The lowest BCUT2D eigenvalue weighted by Gasteiger charge is -2.08. The third-order valence-corrected chi connectivity index (χ3v) is 3.11. The molecule has 0 aliphatic rings. The van der Waals surface area contributed by atoms with E-state index in [1.165, 1.54) is 13.2 Å². The van der Waals surface area contributed by atoms with Gasteiger partial charge in [-0.2, -0.15) is 4.39 Å². The van der Waals surface area contributed by atoms with Crippen LogP contribution in [0.5, 0.6) is 5.75 Å². The summed E-state index contributed by atoms with van der Waals surface area (Å²) < 4.78 is 18.2. The Hall–Kier alpha value is -2.67. The number of hydrogen-bond donors (Lipinski definition) is 1. The Kier molecular flexibility index (Phi) is 4.57. The molecule has 114 valence electrons. The first-order valence-corrected chi connectivity index (χ1v) is 6.39. The van der Waals surface area contributed by atoms with Crippen molar-refractivity contribution < 1.29 is 18.8 Å². The van der Waals surface area contributed by atoms with Crippen molar-refractivity contribution in [3.63, 3.8) is 0 Å². The molecule has 0 saturated heterocycles. The number of halogens is 2. The lowest BCUT2D eigenvalue weighted by molar-refractivity contribution is -0.387. The number of nitro benzene ring substituents is 1. The molecule has 2 rings (SSSR count). The number of nitrogens with zero attached hydrogens (tertiary/aromatic N) is 1. The lowest BCUT2D eigenvalue weighted by Crippen LogP contribution is -2.12. The van der Waals surface area contributed by atoms with E-state index in [4.69, 9.17) is 16.3 Å². The summed E-state index contributed by atoms with van der Waals surface area (Å²) >= 11 is 5.93. The highest BCUT2D eigenvalue weighted by molar-refractivity contribution is 6.32. The minimum atomic E-state index is -1.01. The van der Waals surface area contributed by atoms with Gasteiger partial charge >= 0.3 is 5.69 Å². The topological polar surface area (TPSA) is 81.5 Å². The molecule has 0 saturated carbocycles. The maximum absolute atomic E-state index is 13.2. The molecule has 0 bridgehead atoms. The molecule has 0 aliphatic heterocycles. The number of nitrogens with one attached hydrogen (secondary N) is 1. The van der Waals surface area contributed by atoms with Crippen LogP contribution in [0, 0.1) is 15.9 Å². The van der Waals surface area contributed by atoms with Crippen LogP contribution in [-0.2, 0) is 0 Å². The molecule has 0 unspecified atom stereocenters. The predicted molar refractivity (Wildman–Crippen MR) is 79.0 cm³/mol. The zero-order valence-electron chi connectivity index (χ0n) is 11.3. The summed E-state index contributed by atoms with van der Waals surface area (Å²) in [5.74, 6) is -1.18. The van der Waals surface area contributed by atoms with Crippen molar-refractivity contribution in [2.24, 2.45) is 0 Å². The van der Waals surface area contributed by atoms with Gasteiger partial charge in [0.1, 0.15) is 5.75 Å². The molecule has 0 atom stereocenters. The third kappa shape index (κ3) is 3.32. The standard InChI is InChI=1S/C14H10ClFN2O4/c1-22-13-5-3-9(7-10(13)15)17-14(19)8-2-4-11(16)12(6-8)18(20)21/h2-7H,1H3,(H,17,19). The molecule has 1 N–H and O–H groups in total. The Balaban J connectivity index is 2.24. The average Bonchev–Trinajstić information content (AvgIpc) is 2.47. The summed E-state index contributed by atoms with van der Waals surface area (Å²) in [6, 6.07) is 7.48. The van der Waals surface area contributed by atoms with Gasteiger partial charge in [-0.05, 0) is 30.3 Å². The highest BCUT2D eigenvalue weighted by Gasteiger charge is 2.17. The number of amides is 1. The summed E-state index contributed by atoms with van der Waals surface area (Å²) in [7, 11) is 1.46. The lowest BCUT2D eigenvalue weighted by atomic mass is 10.1. The average molecular weight is 325 g/mol. The third-order valence-electron chi connectivity index (χ3n) is 2.81. The van der Waals surface area contributed by atoms with E-state index < -0.39 is 22.3 Å².